The molecule has 1 fully saturated rings. The number of allylic oxidation sites excluding steroid dienone is 1. The van der Waals surface area contributed by atoms with Gasteiger partial charge < -0.3 is 18.9 Å². The zero-order valence-corrected chi connectivity index (χ0v) is 12.8. The summed E-state index contributed by atoms with van der Waals surface area (Å²) in [7, 11) is 0. The van der Waals surface area contributed by atoms with Crippen molar-refractivity contribution in [3.05, 3.63) is 29.8 Å². The first-order valence-electron chi connectivity index (χ1n) is 7.40. The summed E-state index contributed by atoms with van der Waals surface area (Å²) < 4.78 is 21.9. The number of benzene rings is 1. The second kappa shape index (κ2) is 5.60. The lowest BCUT2D eigenvalue weighted by Gasteiger charge is -2.05. The van der Waals surface area contributed by atoms with E-state index in [2.05, 4.69) is 26.8 Å². The molecule has 0 saturated carbocycles. The Morgan fingerprint density at radius 1 is 1.33 bits per heavy atom. The molecule has 21 heavy (non-hydrogen) atoms. The first-order valence-corrected chi connectivity index (χ1v) is 7.40. The molecule has 2 heterocycles. The maximum atomic E-state index is 5.72. The largest absolute Gasteiger partial charge is 0.489 e. The second-order valence-electron chi connectivity index (χ2n) is 6.13. The molecule has 2 aliphatic rings. The van der Waals surface area contributed by atoms with E-state index in [9.17, 15) is 0 Å². The van der Waals surface area contributed by atoms with Crippen LogP contribution in [0.3, 0.4) is 0 Å². The summed E-state index contributed by atoms with van der Waals surface area (Å²) >= 11 is 0. The Kier molecular flexibility index (Phi) is 3.81. The van der Waals surface area contributed by atoms with Crippen molar-refractivity contribution in [2.75, 3.05) is 13.4 Å². The third-order valence-electron chi connectivity index (χ3n) is 3.99. The third kappa shape index (κ3) is 3.50. The van der Waals surface area contributed by atoms with E-state index in [4.69, 9.17) is 18.9 Å². The molecule has 3 rings (SSSR count). The van der Waals surface area contributed by atoms with Crippen LogP contribution in [0.2, 0.25) is 0 Å². The molecule has 1 aromatic rings. The van der Waals surface area contributed by atoms with Crippen LogP contribution in [0.4, 0.5) is 0 Å². The van der Waals surface area contributed by atoms with E-state index in [1.54, 1.807) is 0 Å². The Hall–Kier alpha value is -1.68. The fourth-order valence-corrected chi connectivity index (χ4v) is 2.45. The van der Waals surface area contributed by atoms with Crippen molar-refractivity contribution in [3.8, 4) is 17.2 Å². The highest BCUT2D eigenvalue weighted by molar-refractivity contribution is 5.46. The summed E-state index contributed by atoms with van der Waals surface area (Å²) in [6.45, 7) is 7.27. The number of hydrogen-bond donors (Lipinski definition) is 0. The van der Waals surface area contributed by atoms with Crippen molar-refractivity contribution in [2.24, 2.45) is 0 Å². The molecule has 0 spiro atoms. The van der Waals surface area contributed by atoms with Crippen LogP contribution in [0.25, 0.3) is 0 Å². The number of rotatable bonds is 6. The smallest absolute Gasteiger partial charge is 0.231 e. The monoisotopic (exact) mass is 290 g/mol. The average Bonchev–Trinajstić information content (AvgIpc) is 2.86. The van der Waals surface area contributed by atoms with Crippen molar-refractivity contribution >= 4 is 0 Å². The van der Waals surface area contributed by atoms with E-state index in [0.29, 0.717) is 12.7 Å². The Labute approximate surface area is 125 Å². The minimum atomic E-state index is 0.0866. The molecular formula is C17H22O4. The van der Waals surface area contributed by atoms with E-state index in [1.165, 1.54) is 5.57 Å². The highest BCUT2D eigenvalue weighted by Crippen LogP contribution is 2.39. The normalized spacial score (nSPS) is 22.2. The topological polar surface area (TPSA) is 40.2 Å². The Bertz CT molecular complexity index is 548. The summed E-state index contributed by atoms with van der Waals surface area (Å²) in [4.78, 5) is 0. The van der Waals surface area contributed by atoms with Gasteiger partial charge in [-0.15, -0.1) is 0 Å². The first kappa shape index (κ1) is 14.3. The number of epoxide rings is 1. The minimum Gasteiger partial charge on any atom is -0.489 e. The predicted octanol–water partition coefficient (Wildman–Crippen LogP) is 3.70. The maximum absolute atomic E-state index is 5.72. The van der Waals surface area contributed by atoms with Crippen molar-refractivity contribution in [1.29, 1.82) is 0 Å². The lowest BCUT2D eigenvalue weighted by Crippen LogP contribution is -2.03. The maximum Gasteiger partial charge on any atom is 0.231 e. The highest BCUT2D eigenvalue weighted by Gasteiger charge is 2.46. The standard InChI is InChI=1S/C17H22O4/c1-12(4-7-16-17(2,3)21-16)8-9-18-13-5-6-14-15(10-13)20-11-19-14/h5-6,8,10,16H,4,7,9,11H2,1-3H3. The zero-order chi connectivity index (χ0) is 14.9. The van der Waals surface area contributed by atoms with Crippen LogP contribution in [-0.2, 0) is 4.74 Å². The first-order chi connectivity index (χ1) is 10.0. The molecule has 4 nitrogen and oxygen atoms in total. The molecule has 0 N–H and O–H groups in total. The molecule has 0 amide bonds. The van der Waals surface area contributed by atoms with E-state index in [1.807, 2.05) is 18.2 Å². The van der Waals surface area contributed by atoms with Gasteiger partial charge in [-0.1, -0.05) is 5.57 Å². The predicted molar refractivity (Wildman–Crippen MR) is 80.0 cm³/mol. The van der Waals surface area contributed by atoms with Crippen LogP contribution in [0, 0.1) is 0 Å². The van der Waals surface area contributed by atoms with Gasteiger partial charge in [-0.05, 0) is 51.8 Å². The SMILES string of the molecule is CC(=CCOc1ccc2c(c1)OCO2)CCC1OC1(C)C. The molecule has 0 radical (unpaired) electrons. The van der Waals surface area contributed by atoms with Gasteiger partial charge in [0.25, 0.3) is 0 Å². The summed E-state index contributed by atoms with van der Waals surface area (Å²) in [5.74, 6) is 2.33. The Morgan fingerprint density at radius 3 is 2.86 bits per heavy atom. The van der Waals surface area contributed by atoms with Gasteiger partial charge in [0.15, 0.2) is 11.5 Å². The van der Waals surface area contributed by atoms with Gasteiger partial charge in [0.05, 0.1) is 11.7 Å². The van der Waals surface area contributed by atoms with Crippen LogP contribution in [0.1, 0.15) is 33.6 Å². The molecule has 0 aliphatic carbocycles. The van der Waals surface area contributed by atoms with Gasteiger partial charge in [0, 0.05) is 6.07 Å². The van der Waals surface area contributed by atoms with Crippen molar-refractivity contribution in [2.45, 2.75) is 45.3 Å². The molecule has 1 atom stereocenters. The molecule has 2 aliphatic heterocycles. The summed E-state index contributed by atoms with van der Waals surface area (Å²) in [6, 6.07) is 5.64. The van der Waals surface area contributed by atoms with Crippen LogP contribution in [-0.4, -0.2) is 25.1 Å². The summed E-state index contributed by atoms with van der Waals surface area (Å²) in [6.07, 6.45) is 4.67. The molecule has 0 bridgehead atoms. The van der Waals surface area contributed by atoms with Crippen LogP contribution >= 0.6 is 0 Å². The summed E-state index contributed by atoms with van der Waals surface area (Å²) in [5.41, 5.74) is 1.42. The molecule has 1 aromatic carbocycles. The number of hydrogen-bond acceptors (Lipinski definition) is 4. The zero-order valence-electron chi connectivity index (χ0n) is 12.8. The van der Waals surface area contributed by atoms with Crippen LogP contribution in [0.5, 0.6) is 17.2 Å². The fraction of sp³-hybridized carbons (Fsp3) is 0.529. The van der Waals surface area contributed by atoms with Crippen molar-refractivity contribution < 1.29 is 18.9 Å². The molecule has 114 valence electrons. The van der Waals surface area contributed by atoms with E-state index in [-0.39, 0.29) is 12.4 Å². The van der Waals surface area contributed by atoms with Gasteiger partial charge in [-0.2, -0.15) is 0 Å². The van der Waals surface area contributed by atoms with Crippen molar-refractivity contribution in [3.63, 3.8) is 0 Å². The molecular weight excluding hydrogens is 268 g/mol. The van der Waals surface area contributed by atoms with E-state index >= 15 is 0 Å². The van der Waals surface area contributed by atoms with E-state index in [0.717, 1.165) is 30.1 Å². The lowest BCUT2D eigenvalue weighted by atomic mass is 10.0. The van der Waals surface area contributed by atoms with Gasteiger partial charge in [-0.25, -0.2) is 0 Å². The van der Waals surface area contributed by atoms with E-state index < -0.39 is 0 Å². The van der Waals surface area contributed by atoms with Gasteiger partial charge >= 0.3 is 0 Å². The molecule has 4 heteroatoms. The lowest BCUT2D eigenvalue weighted by molar-refractivity contribution is 0.174. The molecule has 1 saturated heterocycles. The fourth-order valence-electron chi connectivity index (χ4n) is 2.45. The van der Waals surface area contributed by atoms with Gasteiger partial charge in [-0.3, -0.25) is 0 Å². The number of fused-ring (bicyclic) bond motifs is 1. The minimum absolute atomic E-state index is 0.0866. The Balaban J connectivity index is 1.43. The molecule has 1 unspecified atom stereocenters. The Morgan fingerprint density at radius 2 is 2.10 bits per heavy atom. The van der Waals surface area contributed by atoms with Crippen LogP contribution < -0.4 is 14.2 Å². The number of ether oxygens (including phenoxy) is 4. The highest BCUT2D eigenvalue weighted by atomic mass is 16.7. The van der Waals surface area contributed by atoms with Gasteiger partial charge in [0.1, 0.15) is 12.4 Å². The molecule has 0 aromatic heterocycles. The quantitative estimate of drug-likeness (QED) is 0.591. The summed E-state index contributed by atoms with van der Waals surface area (Å²) in [5, 5.41) is 0. The second-order valence-corrected chi connectivity index (χ2v) is 6.13. The van der Waals surface area contributed by atoms with Crippen molar-refractivity contribution in [1.82, 2.24) is 0 Å². The van der Waals surface area contributed by atoms with Crippen LogP contribution in [0.15, 0.2) is 29.8 Å². The average molecular weight is 290 g/mol. The third-order valence-corrected chi connectivity index (χ3v) is 3.99. The van der Waals surface area contributed by atoms with Gasteiger partial charge in [0.2, 0.25) is 6.79 Å².